The number of fused-ring (bicyclic) bond motifs is 1. The molecule has 2 aromatic rings. The Morgan fingerprint density at radius 3 is 2.46 bits per heavy atom. The number of aryl methyl sites for hydroxylation is 2. The second kappa shape index (κ2) is 2.96. The van der Waals surface area contributed by atoms with Crippen molar-refractivity contribution >= 4 is 21.4 Å². The van der Waals surface area contributed by atoms with Crippen LogP contribution in [0, 0.1) is 13.8 Å². The second-order valence-corrected chi connectivity index (χ2v) is 4.10. The lowest BCUT2D eigenvalue weighted by atomic mass is 10.1. The molecule has 0 radical (unpaired) electrons. The summed E-state index contributed by atoms with van der Waals surface area (Å²) in [5.74, 6) is 0. The Bertz CT molecular complexity index is 511. The van der Waals surface area contributed by atoms with Crippen LogP contribution in [0.1, 0.15) is 11.1 Å². The fraction of sp³-hybridized carbons (Fsp3) is 0.182. The van der Waals surface area contributed by atoms with Crippen molar-refractivity contribution in [3.05, 3.63) is 44.9 Å². The van der Waals surface area contributed by atoms with Crippen molar-refractivity contribution in [2.45, 2.75) is 13.8 Å². The molecule has 2 heteroatoms. The van der Waals surface area contributed by atoms with Crippen molar-refractivity contribution in [3.8, 4) is 0 Å². The first-order valence-electron chi connectivity index (χ1n) is 4.18. The van der Waals surface area contributed by atoms with Gasteiger partial charge < -0.3 is 0 Å². The summed E-state index contributed by atoms with van der Waals surface area (Å²) in [5.41, 5.74) is 2.39. The van der Waals surface area contributed by atoms with Gasteiger partial charge in [-0.15, -0.1) is 11.3 Å². The summed E-state index contributed by atoms with van der Waals surface area (Å²) >= 11 is 1.63. The van der Waals surface area contributed by atoms with Gasteiger partial charge in [0.05, 0.1) is 0 Å². The molecule has 0 fully saturated rings. The maximum absolute atomic E-state index is 11.6. The van der Waals surface area contributed by atoms with Crippen LogP contribution in [0.5, 0.6) is 0 Å². The van der Waals surface area contributed by atoms with Gasteiger partial charge in [0, 0.05) is 10.1 Å². The normalized spacial score (nSPS) is 10.6. The standard InChI is InChI=1S/C11H10OS/c1-7-3-4-8(2)11-10(7)9(12)5-6-13-11/h3-6H,1-2H3. The van der Waals surface area contributed by atoms with E-state index >= 15 is 0 Å². The quantitative estimate of drug-likeness (QED) is 0.624. The van der Waals surface area contributed by atoms with Crippen LogP contribution >= 0.6 is 11.3 Å². The zero-order valence-corrected chi connectivity index (χ0v) is 8.44. The predicted molar refractivity (Wildman–Crippen MR) is 57.6 cm³/mol. The third kappa shape index (κ3) is 1.27. The van der Waals surface area contributed by atoms with Gasteiger partial charge in [-0.2, -0.15) is 0 Å². The number of hydrogen-bond donors (Lipinski definition) is 0. The van der Waals surface area contributed by atoms with Crippen LogP contribution in [0.3, 0.4) is 0 Å². The molecule has 0 saturated carbocycles. The number of hydrogen-bond acceptors (Lipinski definition) is 2. The maximum atomic E-state index is 11.6. The molecule has 0 aliphatic heterocycles. The van der Waals surface area contributed by atoms with E-state index in [4.69, 9.17) is 0 Å². The SMILES string of the molecule is Cc1ccc(C)c2c(=O)ccsc12. The Hall–Kier alpha value is -1.15. The van der Waals surface area contributed by atoms with Gasteiger partial charge in [0.1, 0.15) is 0 Å². The molecule has 0 unspecified atom stereocenters. The van der Waals surface area contributed by atoms with E-state index in [9.17, 15) is 4.79 Å². The van der Waals surface area contributed by atoms with E-state index in [0.29, 0.717) is 0 Å². The third-order valence-corrected chi connectivity index (χ3v) is 3.25. The molecule has 66 valence electrons. The molecule has 2 rings (SSSR count). The minimum absolute atomic E-state index is 0.134. The van der Waals surface area contributed by atoms with Crippen LogP contribution in [0.4, 0.5) is 0 Å². The highest BCUT2D eigenvalue weighted by Gasteiger charge is 2.03. The predicted octanol–water partition coefficient (Wildman–Crippen LogP) is 2.88. The summed E-state index contributed by atoms with van der Waals surface area (Å²) in [4.78, 5) is 11.6. The van der Waals surface area contributed by atoms with Gasteiger partial charge in [-0.05, 0) is 36.4 Å². The molecule has 0 aliphatic rings. The highest BCUT2D eigenvalue weighted by atomic mass is 32.1. The van der Waals surface area contributed by atoms with E-state index in [1.165, 1.54) is 5.56 Å². The molecule has 0 aliphatic carbocycles. The second-order valence-electron chi connectivity index (χ2n) is 3.19. The Labute approximate surface area is 80.7 Å². The van der Waals surface area contributed by atoms with E-state index < -0.39 is 0 Å². The van der Waals surface area contributed by atoms with Gasteiger partial charge >= 0.3 is 0 Å². The zero-order valence-electron chi connectivity index (χ0n) is 7.63. The Balaban J connectivity index is 3.09. The van der Waals surface area contributed by atoms with Crippen LogP contribution in [0.25, 0.3) is 10.1 Å². The molecule has 1 heterocycles. The van der Waals surface area contributed by atoms with Crippen LogP contribution in [0.15, 0.2) is 28.4 Å². The smallest absolute Gasteiger partial charge is 0.188 e. The molecule has 0 bridgehead atoms. The largest absolute Gasteiger partial charge is 0.289 e. The van der Waals surface area contributed by atoms with Gasteiger partial charge in [0.2, 0.25) is 0 Å². The highest BCUT2D eigenvalue weighted by Crippen LogP contribution is 2.22. The molecular weight excluding hydrogens is 180 g/mol. The van der Waals surface area contributed by atoms with Crippen molar-refractivity contribution < 1.29 is 0 Å². The average Bonchev–Trinajstić information content (AvgIpc) is 2.12. The van der Waals surface area contributed by atoms with Gasteiger partial charge in [-0.3, -0.25) is 4.79 Å². The number of benzene rings is 1. The van der Waals surface area contributed by atoms with Crippen molar-refractivity contribution in [1.82, 2.24) is 0 Å². The molecule has 1 aromatic heterocycles. The van der Waals surface area contributed by atoms with Crippen LogP contribution in [-0.4, -0.2) is 0 Å². The minimum atomic E-state index is 0.134. The first-order chi connectivity index (χ1) is 6.20. The maximum Gasteiger partial charge on any atom is 0.188 e. The molecular formula is C11H10OS. The molecule has 0 saturated heterocycles. The lowest BCUT2D eigenvalue weighted by Crippen LogP contribution is -1.99. The van der Waals surface area contributed by atoms with Gasteiger partial charge in [-0.25, -0.2) is 0 Å². The summed E-state index contributed by atoms with van der Waals surface area (Å²) in [5, 5.41) is 2.74. The first-order valence-corrected chi connectivity index (χ1v) is 5.06. The molecule has 13 heavy (non-hydrogen) atoms. The van der Waals surface area contributed by atoms with Crippen molar-refractivity contribution in [1.29, 1.82) is 0 Å². The molecule has 0 spiro atoms. The highest BCUT2D eigenvalue weighted by molar-refractivity contribution is 7.16. The van der Waals surface area contributed by atoms with Crippen LogP contribution < -0.4 is 5.43 Å². The van der Waals surface area contributed by atoms with Crippen molar-refractivity contribution in [3.63, 3.8) is 0 Å². The monoisotopic (exact) mass is 190 g/mol. The fourth-order valence-electron chi connectivity index (χ4n) is 1.49. The lowest BCUT2D eigenvalue weighted by molar-refractivity contribution is 1.46. The van der Waals surface area contributed by atoms with E-state index in [-0.39, 0.29) is 5.43 Å². The first kappa shape index (κ1) is 8.45. The summed E-state index contributed by atoms with van der Waals surface area (Å²) in [6.07, 6.45) is 0. The Morgan fingerprint density at radius 1 is 1.08 bits per heavy atom. The van der Waals surface area contributed by atoms with Crippen LogP contribution in [0.2, 0.25) is 0 Å². The van der Waals surface area contributed by atoms with E-state index in [2.05, 4.69) is 6.07 Å². The average molecular weight is 190 g/mol. The zero-order chi connectivity index (χ0) is 9.42. The topological polar surface area (TPSA) is 17.1 Å². The molecule has 0 amide bonds. The summed E-state index contributed by atoms with van der Waals surface area (Å²) < 4.78 is 1.12. The van der Waals surface area contributed by atoms with Gasteiger partial charge in [0.25, 0.3) is 0 Å². The van der Waals surface area contributed by atoms with Crippen LogP contribution in [-0.2, 0) is 0 Å². The summed E-state index contributed by atoms with van der Waals surface area (Å²) in [6.45, 7) is 4.02. The van der Waals surface area contributed by atoms with Gasteiger partial charge in [-0.1, -0.05) is 12.1 Å². The van der Waals surface area contributed by atoms with E-state index in [1.54, 1.807) is 17.4 Å². The summed E-state index contributed by atoms with van der Waals surface area (Å²) in [7, 11) is 0. The molecule has 0 atom stereocenters. The van der Waals surface area contributed by atoms with E-state index in [1.807, 2.05) is 25.3 Å². The molecule has 1 nitrogen and oxygen atoms in total. The molecule has 0 N–H and O–H groups in total. The number of rotatable bonds is 0. The third-order valence-electron chi connectivity index (χ3n) is 2.21. The Morgan fingerprint density at radius 2 is 1.77 bits per heavy atom. The Kier molecular flexibility index (Phi) is 1.93. The lowest BCUT2D eigenvalue weighted by Gasteiger charge is -2.02. The van der Waals surface area contributed by atoms with Crippen molar-refractivity contribution in [2.24, 2.45) is 0 Å². The summed E-state index contributed by atoms with van der Waals surface area (Å²) in [6, 6.07) is 5.71. The minimum Gasteiger partial charge on any atom is -0.289 e. The fourth-order valence-corrected chi connectivity index (χ4v) is 2.45. The van der Waals surface area contributed by atoms with E-state index in [0.717, 1.165) is 15.6 Å². The molecule has 1 aromatic carbocycles. The van der Waals surface area contributed by atoms with Gasteiger partial charge in [0.15, 0.2) is 5.43 Å². The van der Waals surface area contributed by atoms with Crippen molar-refractivity contribution in [2.75, 3.05) is 0 Å².